The number of aliphatic hydroxyl groups is 1. The Morgan fingerprint density at radius 1 is 1.14 bits per heavy atom. The van der Waals surface area contributed by atoms with Gasteiger partial charge in [0.1, 0.15) is 0 Å². The lowest BCUT2D eigenvalue weighted by Crippen LogP contribution is -2.41. The summed E-state index contributed by atoms with van der Waals surface area (Å²) in [6.45, 7) is -0.226. The molecule has 3 unspecified atom stereocenters. The molecular formula is C16H19NO4. The largest absolute Gasteiger partial charge is 0.481 e. The molecule has 1 aromatic carbocycles. The number of aliphatic hydroxyl groups excluding tert-OH is 1. The number of aliphatic carboxylic acids is 1. The Balaban J connectivity index is 2.08. The predicted octanol–water partition coefficient (Wildman–Crippen LogP) is 1.50. The van der Waals surface area contributed by atoms with Crippen molar-refractivity contribution in [1.29, 1.82) is 0 Å². The highest BCUT2D eigenvalue weighted by Gasteiger charge is 2.34. The number of allylic oxidation sites excluding steroid dienone is 2. The van der Waals surface area contributed by atoms with Gasteiger partial charge in [0.2, 0.25) is 5.91 Å². The second kappa shape index (κ2) is 7.04. The summed E-state index contributed by atoms with van der Waals surface area (Å²) in [6.07, 6.45) is 4.40. The lowest BCUT2D eigenvalue weighted by Gasteiger charge is -2.26. The molecule has 0 heterocycles. The van der Waals surface area contributed by atoms with Crippen LogP contribution in [-0.4, -0.2) is 28.7 Å². The smallest absolute Gasteiger partial charge is 0.307 e. The highest BCUT2D eigenvalue weighted by Crippen LogP contribution is 2.27. The molecule has 0 aliphatic heterocycles. The van der Waals surface area contributed by atoms with E-state index in [-0.39, 0.29) is 12.5 Å². The highest BCUT2D eigenvalue weighted by molar-refractivity contribution is 5.85. The Hall–Kier alpha value is -2.14. The Labute approximate surface area is 123 Å². The van der Waals surface area contributed by atoms with Gasteiger partial charge in [0.15, 0.2) is 0 Å². The van der Waals surface area contributed by atoms with Crippen molar-refractivity contribution in [3.8, 4) is 0 Å². The lowest BCUT2D eigenvalue weighted by atomic mass is 9.82. The first-order valence-electron chi connectivity index (χ1n) is 6.97. The molecule has 21 heavy (non-hydrogen) atoms. The quantitative estimate of drug-likeness (QED) is 0.717. The van der Waals surface area contributed by atoms with E-state index < -0.39 is 23.8 Å². The van der Waals surface area contributed by atoms with E-state index in [0.717, 1.165) is 5.56 Å². The van der Waals surface area contributed by atoms with Crippen molar-refractivity contribution in [2.24, 2.45) is 11.8 Å². The van der Waals surface area contributed by atoms with E-state index in [1.54, 1.807) is 6.08 Å². The third kappa shape index (κ3) is 3.70. The molecular weight excluding hydrogens is 270 g/mol. The van der Waals surface area contributed by atoms with Crippen LogP contribution in [0.25, 0.3) is 0 Å². The molecule has 0 fully saturated rings. The number of amides is 1. The summed E-state index contributed by atoms with van der Waals surface area (Å²) in [5, 5.41) is 21.4. The molecule has 1 aliphatic carbocycles. The summed E-state index contributed by atoms with van der Waals surface area (Å²) in [4.78, 5) is 23.6. The van der Waals surface area contributed by atoms with E-state index in [1.807, 2.05) is 36.4 Å². The summed E-state index contributed by atoms with van der Waals surface area (Å²) in [5.74, 6) is -2.58. The van der Waals surface area contributed by atoms with Gasteiger partial charge in [-0.1, -0.05) is 42.5 Å². The van der Waals surface area contributed by atoms with Crippen LogP contribution in [0, 0.1) is 11.8 Å². The number of hydrogen-bond donors (Lipinski definition) is 3. The molecule has 2 rings (SSSR count). The van der Waals surface area contributed by atoms with Gasteiger partial charge >= 0.3 is 5.97 Å². The first-order valence-corrected chi connectivity index (χ1v) is 6.97. The number of rotatable bonds is 5. The Morgan fingerprint density at radius 3 is 2.33 bits per heavy atom. The molecule has 1 aromatic rings. The Kier molecular flexibility index (Phi) is 5.11. The summed E-state index contributed by atoms with van der Waals surface area (Å²) < 4.78 is 0. The SMILES string of the molecule is O=C(O)C1CC=CCC1C(=O)NC(CO)c1ccccc1. The number of hydrogen-bond acceptors (Lipinski definition) is 3. The molecule has 0 spiro atoms. The number of carboxylic acid groups (broad SMARTS) is 1. The predicted molar refractivity (Wildman–Crippen MR) is 77.4 cm³/mol. The fourth-order valence-electron chi connectivity index (χ4n) is 2.58. The molecule has 1 aliphatic rings. The number of carbonyl (C=O) groups is 2. The average Bonchev–Trinajstić information content (AvgIpc) is 2.53. The summed E-state index contributed by atoms with van der Waals surface area (Å²) in [7, 11) is 0. The van der Waals surface area contributed by atoms with Crippen LogP contribution in [-0.2, 0) is 9.59 Å². The van der Waals surface area contributed by atoms with Gasteiger partial charge < -0.3 is 15.5 Å². The molecule has 0 bridgehead atoms. The third-order valence-electron chi connectivity index (χ3n) is 3.79. The second-order valence-corrected chi connectivity index (χ2v) is 5.15. The van der Waals surface area contributed by atoms with Crippen molar-refractivity contribution in [3.05, 3.63) is 48.0 Å². The van der Waals surface area contributed by atoms with Gasteiger partial charge in [-0.2, -0.15) is 0 Å². The maximum atomic E-state index is 12.3. The van der Waals surface area contributed by atoms with Crippen LogP contribution in [0.15, 0.2) is 42.5 Å². The van der Waals surface area contributed by atoms with E-state index in [2.05, 4.69) is 5.32 Å². The van der Waals surface area contributed by atoms with Crippen LogP contribution in [0.3, 0.4) is 0 Å². The van der Waals surface area contributed by atoms with Crippen LogP contribution in [0.1, 0.15) is 24.4 Å². The first-order chi connectivity index (χ1) is 10.1. The maximum absolute atomic E-state index is 12.3. The number of carboxylic acids is 1. The maximum Gasteiger partial charge on any atom is 0.307 e. The van der Waals surface area contributed by atoms with Gasteiger partial charge in [-0.3, -0.25) is 9.59 Å². The number of nitrogens with one attached hydrogen (secondary N) is 1. The van der Waals surface area contributed by atoms with Crippen molar-refractivity contribution < 1.29 is 19.8 Å². The van der Waals surface area contributed by atoms with Gasteiger partial charge in [0.05, 0.1) is 24.5 Å². The van der Waals surface area contributed by atoms with E-state index >= 15 is 0 Å². The minimum atomic E-state index is -0.959. The molecule has 5 nitrogen and oxygen atoms in total. The van der Waals surface area contributed by atoms with Gasteiger partial charge in [-0.25, -0.2) is 0 Å². The fraction of sp³-hybridized carbons (Fsp3) is 0.375. The van der Waals surface area contributed by atoms with Gasteiger partial charge in [-0.15, -0.1) is 0 Å². The summed E-state index contributed by atoms with van der Waals surface area (Å²) >= 11 is 0. The second-order valence-electron chi connectivity index (χ2n) is 5.15. The van der Waals surface area contributed by atoms with Gasteiger partial charge in [0, 0.05) is 0 Å². The van der Waals surface area contributed by atoms with Crippen LogP contribution in [0.2, 0.25) is 0 Å². The van der Waals surface area contributed by atoms with Crippen molar-refractivity contribution in [2.75, 3.05) is 6.61 Å². The first kappa shape index (κ1) is 15.3. The average molecular weight is 289 g/mol. The van der Waals surface area contributed by atoms with Crippen molar-refractivity contribution in [2.45, 2.75) is 18.9 Å². The molecule has 0 aromatic heterocycles. The normalized spacial score (nSPS) is 22.5. The zero-order valence-electron chi connectivity index (χ0n) is 11.6. The minimum Gasteiger partial charge on any atom is -0.481 e. The molecule has 3 N–H and O–H groups in total. The van der Waals surface area contributed by atoms with Crippen LogP contribution < -0.4 is 5.32 Å². The van der Waals surface area contributed by atoms with E-state index in [1.165, 1.54) is 0 Å². The molecule has 0 radical (unpaired) electrons. The zero-order chi connectivity index (χ0) is 15.2. The molecule has 1 amide bonds. The number of benzene rings is 1. The molecule has 112 valence electrons. The van der Waals surface area contributed by atoms with Crippen LogP contribution in [0.4, 0.5) is 0 Å². The molecule has 0 saturated carbocycles. The fourth-order valence-corrected chi connectivity index (χ4v) is 2.58. The summed E-state index contributed by atoms with van der Waals surface area (Å²) in [6, 6.07) is 8.62. The van der Waals surface area contributed by atoms with E-state index in [9.17, 15) is 19.8 Å². The summed E-state index contributed by atoms with van der Waals surface area (Å²) in [5.41, 5.74) is 0.798. The highest BCUT2D eigenvalue weighted by atomic mass is 16.4. The molecule has 0 saturated heterocycles. The monoisotopic (exact) mass is 289 g/mol. The van der Waals surface area contributed by atoms with Crippen LogP contribution in [0.5, 0.6) is 0 Å². The minimum absolute atomic E-state index is 0.226. The number of carbonyl (C=O) groups excluding carboxylic acids is 1. The molecule has 3 atom stereocenters. The van der Waals surface area contributed by atoms with Crippen molar-refractivity contribution in [3.63, 3.8) is 0 Å². The van der Waals surface area contributed by atoms with Gasteiger partial charge in [0.25, 0.3) is 0 Å². The third-order valence-corrected chi connectivity index (χ3v) is 3.79. The Morgan fingerprint density at radius 2 is 1.76 bits per heavy atom. The van der Waals surface area contributed by atoms with E-state index in [4.69, 9.17) is 0 Å². The van der Waals surface area contributed by atoms with Crippen molar-refractivity contribution >= 4 is 11.9 Å². The standard InChI is InChI=1S/C16H19NO4/c18-10-14(11-6-2-1-3-7-11)17-15(19)12-8-4-5-9-13(12)16(20)21/h1-7,12-14,18H,8-10H2,(H,17,19)(H,20,21). The lowest BCUT2D eigenvalue weighted by molar-refractivity contribution is -0.147. The van der Waals surface area contributed by atoms with E-state index in [0.29, 0.717) is 12.8 Å². The van der Waals surface area contributed by atoms with Gasteiger partial charge in [-0.05, 0) is 18.4 Å². The zero-order valence-corrected chi connectivity index (χ0v) is 11.6. The van der Waals surface area contributed by atoms with Crippen molar-refractivity contribution in [1.82, 2.24) is 5.32 Å². The Bertz CT molecular complexity index is 526. The molecule has 5 heteroatoms. The van der Waals surface area contributed by atoms with Crippen LogP contribution >= 0.6 is 0 Å². The topological polar surface area (TPSA) is 86.6 Å².